The fraction of sp³-hybridized carbons (Fsp3) is 0.423. The number of alkyl halides is 3. The quantitative estimate of drug-likeness (QED) is 0.198. The normalized spacial score (nSPS) is 15.2. The molecule has 210 valence electrons. The molecule has 0 saturated heterocycles. The Morgan fingerprint density at radius 1 is 1.26 bits per heavy atom. The van der Waals surface area contributed by atoms with Gasteiger partial charge in [0.15, 0.2) is 0 Å². The van der Waals surface area contributed by atoms with Gasteiger partial charge >= 0.3 is 6.18 Å². The second kappa shape index (κ2) is 11.0. The summed E-state index contributed by atoms with van der Waals surface area (Å²) >= 11 is 6.38. The van der Waals surface area contributed by atoms with Gasteiger partial charge in [0.05, 0.1) is 30.0 Å². The van der Waals surface area contributed by atoms with Gasteiger partial charge < -0.3 is 0 Å². The third-order valence-electron chi connectivity index (χ3n) is 6.60. The van der Waals surface area contributed by atoms with Crippen molar-refractivity contribution in [3.8, 4) is 11.4 Å². The maximum Gasteiger partial charge on any atom is 0.432 e. The number of hydrogen-bond acceptors (Lipinski definition) is 5. The van der Waals surface area contributed by atoms with E-state index in [1.807, 2.05) is 13.8 Å². The molecule has 1 aliphatic heterocycles. The highest BCUT2D eigenvalue weighted by atomic mass is 35.5. The Hall–Kier alpha value is -3.38. The SMILES string of the molecule is CCC(C)/C=C(\N(N)c1ccc(CN2C(=O)CCn3nc(-c4c(Cl)cnn4C(C)C)cc32)cc1F)C(F)(F)F. The second-order valence-corrected chi connectivity index (χ2v) is 10.2. The number of nitrogens with two attached hydrogens (primary N) is 1. The fourth-order valence-electron chi connectivity index (χ4n) is 4.37. The Morgan fingerprint density at radius 2 is 1.97 bits per heavy atom. The number of nitrogens with zero attached hydrogens (tertiary/aromatic N) is 6. The van der Waals surface area contributed by atoms with Crippen molar-refractivity contribution in [2.24, 2.45) is 11.8 Å². The van der Waals surface area contributed by atoms with Crippen LogP contribution in [0.15, 0.2) is 42.2 Å². The Morgan fingerprint density at radius 3 is 2.59 bits per heavy atom. The molecular formula is C26H30ClF4N7O. The number of hydrazine groups is 1. The lowest BCUT2D eigenvalue weighted by Gasteiger charge is -2.28. The van der Waals surface area contributed by atoms with Crippen LogP contribution in [-0.2, 0) is 17.9 Å². The fourth-order valence-corrected chi connectivity index (χ4v) is 4.59. The third-order valence-corrected chi connectivity index (χ3v) is 6.88. The highest BCUT2D eigenvalue weighted by molar-refractivity contribution is 6.33. The van der Waals surface area contributed by atoms with Gasteiger partial charge in [0.25, 0.3) is 0 Å². The first kappa shape index (κ1) is 28.6. The monoisotopic (exact) mass is 567 g/mol. The van der Waals surface area contributed by atoms with E-state index >= 15 is 4.39 Å². The zero-order valence-corrected chi connectivity index (χ0v) is 22.8. The molecule has 1 atom stereocenters. The van der Waals surface area contributed by atoms with Crippen LogP contribution in [0.25, 0.3) is 11.4 Å². The van der Waals surface area contributed by atoms with Crippen molar-refractivity contribution in [2.75, 3.05) is 9.91 Å². The van der Waals surface area contributed by atoms with Crippen LogP contribution in [0.3, 0.4) is 0 Å². The zero-order valence-electron chi connectivity index (χ0n) is 22.0. The highest BCUT2D eigenvalue weighted by Crippen LogP contribution is 2.35. The number of rotatable bonds is 8. The molecule has 8 nitrogen and oxygen atoms in total. The van der Waals surface area contributed by atoms with Crippen LogP contribution < -0.4 is 15.8 Å². The summed E-state index contributed by atoms with van der Waals surface area (Å²) in [6, 6.07) is 5.45. The summed E-state index contributed by atoms with van der Waals surface area (Å²) in [5.74, 6) is 4.70. The molecule has 1 unspecified atom stereocenters. The first-order valence-electron chi connectivity index (χ1n) is 12.6. The average molecular weight is 568 g/mol. The van der Waals surface area contributed by atoms with E-state index in [0.717, 1.165) is 12.1 Å². The van der Waals surface area contributed by atoms with Crippen molar-refractivity contribution >= 4 is 29.0 Å². The van der Waals surface area contributed by atoms with Crippen LogP contribution in [0.4, 0.5) is 29.1 Å². The van der Waals surface area contributed by atoms with E-state index in [0.29, 0.717) is 45.8 Å². The van der Waals surface area contributed by atoms with E-state index in [9.17, 15) is 18.0 Å². The van der Waals surface area contributed by atoms with Gasteiger partial charge in [-0.2, -0.15) is 23.4 Å². The highest BCUT2D eigenvalue weighted by Gasteiger charge is 2.38. The number of aromatic nitrogens is 4. The van der Waals surface area contributed by atoms with E-state index in [-0.39, 0.29) is 24.9 Å². The number of anilines is 2. The summed E-state index contributed by atoms with van der Waals surface area (Å²) in [4.78, 5) is 14.3. The summed E-state index contributed by atoms with van der Waals surface area (Å²) in [7, 11) is 0. The van der Waals surface area contributed by atoms with E-state index < -0.39 is 29.3 Å². The summed E-state index contributed by atoms with van der Waals surface area (Å²) in [5, 5.41) is 9.66. The number of halogens is 5. The van der Waals surface area contributed by atoms with Crippen molar-refractivity contribution in [1.29, 1.82) is 0 Å². The minimum atomic E-state index is -4.77. The Kier molecular flexibility index (Phi) is 8.08. The molecule has 3 heterocycles. The molecule has 13 heteroatoms. The van der Waals surface area contributed by atoms with E-state index in [1.54, 1.807) is 29.3 Å². The zero-order chi connectivity index (χ0) is 28.6. The molecule has 39 heavy (non-hydrogen) atoms. The molecule has 4 rings (SSSR count). The summed E-state index contributed by atoms with van der Waals surface area (Å²) in [6.45, 7) is 7.62. The molecule has 2 N–H and O–H groups in total. The van der Waals surface area contributed by atoms with Gasteiger partial charge in [0.2, 0.25) is 5.91 Å². The molecule has 0 bridgehead atoms. The lowest BCUT2D eigenvalue weighted by molar-refractivity contribution is -0.119. The molecule has 0 radical (unpaired) electrons. The maximum atomic E-state index is 15.1. The van der Waals surface area contributed by atoms with Crippen molar-refractivity contribution in [3.05, 3.63) is 58.6 Å². The average Bonchev–Trinajstić information content (AvgIpc) is 3.46. The van der Waals surface area contributed by atoms with E-state index in [4.69, 9.17) is 17.4 Å². The molecule has 1 aliphatic rings. The number of hydrogen-bond donors (Lipinski definition) is 1. The number of allylic oxidation sites excluding steroid dienone is 2. The van der Waals surface area contributed by atoms with Gasteiger partial charge in [-0.25, -0.2) is 14.9 Å². The van der Waals surface area contributed by atoms with E-state index in [1.165, 1.54) is 23.2 Å². The molecule has 2 aromatic heterocycles. The Labute approximate surface area is 228 Å². The van der Waals surface area contributed by atoms with Crippen LogP contribution in [0.5, 0.6) is 0 Å². The van der Waals surface area contributed by atoms with E-state index in [2.05, 4.69) is 10.2 Å². The van der Waals surface area contributed by atoms with Gasteiger partial charge in [0, 0.05) is 18.5 Å². The molecule has 0 saturated carbocycles. The predicted molar refractivity (Wildman–Crippen MR) is 141 cm³/mol. The third kappa shape index (κ3) is 5.81. The molecule has 3 aromatic rings. The lowest BCUT2D eigenvalue weighted by atomic mass is 10.1. The molecule has 1 aromatic carbocycles. The molecule has 1 amide bonds. The first-order valence-corrected chi connectivity index (χ1v) is 12.9. The number of carbonyl (C=O) groups excluding carboxylic acids is 1. The summed E-state index contributed by atoms with van der Waals surface area (Å²) < 4.78 is 59.5. The van der Waals surface area contributed by atoms with Gasteiger partial charge in [0.1, 0.15) is 28.7 Å². The maximum absolute atomic E-state index is 15.1. The van der Waals surface area contributed by atoms with Crippen LogP contribution in [0.2, 0.25) is 5.02 Å². The number of amides is 1. The standard InChI is InChI=1S/C26H30ClF4N7O/c1-5-16(4)10-22(26(29,30)31)37(32)21-7-6-17(11-19(21)28)14-35-23-12-20(34-36(23)9-8-24(35)39)25-18(27)13-33-38(25)15(2)3/h6-7,10-13,15-16H,5,8-9,14,32H2,1-4H3/b22-10-. The Bertz CT molecular complexity index is 1400. The molecule has 0 fully saturated rings. The van der Waals surface area contributed by atoms with Crippen LogP contribution in [0, 0.1) is 11.7 Å². The van der Waals surface area contributed by atoms with Gasteiger partial charge in [-0.3, -0.25) is 19.4 Å². The Balaban J connectivity index is 1.64. The van der Waals surface area contributed by atoms with Crippen molar-refractivity contribution in [3.63, 3.8) is 0 Å². The van der Waals surface area contributed by atoms with Gasteiger partial charge in [-0.15, -0.1) is 0 Å². The van der Waals surface area contributed by atoms with Crippen LogP contribution in [0.1, 0.15) is 52.1 Å². The second-order valence-electron chi connectivity index (χ2n) is 9.81. The van der Waals surface area contributed by atoms with Crippen LogP contribution >= 0.6 is 11.6 Å². The summed E-state index contributed by atoms with van der Waals surface area (Å²) in [5.41, 5.74) is -0.0526. The van der Waals surface area contributed by atoms with Gasteiger partial charge in [-0.1, -0.05) is 44.0 Å². The number of aryl methyl sites for hydroxylation is 1. The predicted octanol–water partition coefficient (Wildman–Crippen LogP) is 6.23. The number of fused-ring (bicyclic) bond motifs is 1. The minimum absolute atomic E-state index is 0.0161. The lowest BCUT2D eigenvalue weighted by Crippen LogP contribution is -2.38. The van der Waals surface area contributed by atoms with Gasteiger partial charge in [-0.05, 0) is 37.5 Å². The topological polar surface area (TPSA) is 85.2 Å². The molecular weight excluding hydrogens is 538 g/mol. The van der Waals surface area contributed by atoms with Crippen molar-refractivity contribution < 1.29 is 22.4 Å². The van der Waals surface area contributed by atoms with Crippen LogP contribution in [-0.4, -0.2) is 31.6 Å². The smallest absolute Gasteiger partial charge is 0.292 e. The largest absolute Gasteiger partial charge is 0.432 e. The first-order chi connectivity index (χ1) is 18.3. The van der Waals surface area contributed by atoms with Crippen molar-refractivity contribution in [2.45, 2.75) is 65.8 Å². The minimum Gasteiger partial charge on any atom is -0.292 e. The summed E-state index contributed by atoms with van der Waals surface area (Å²) in [6.07, 6.45) is -1.62. The van der Waals surface area contributed by atoms with Crippen molar-refractivity contribution in [1.82, 2.24) is 19.6 Å². The number of benzene rings is 1. The molecule has 0 spiro atoms. The molecule has 0 aliphatic carbocycles. The number of carbonyl (C=O) groups is 1.